The van der Waals surface area contributed by atoms with Gasteiger partial charge in [0.2, 0.25) is 0 Å². The molecule has 0 saturated heterocycles. The molecular weight excluding hydrogens is 166 g/mol. The van der Waals surface area contributed by atoms with Crippen molar-refractivity contribution in [3.63, 3.8) is 0 Å². The van der Waals surface area contributed by atoms with E-state index in [-0.39, 0.29) is 0 Å². The molecule has 0 spiro atoms. The number of nitroso groups, excluding NO2 is 1. The molecule has 11 heavy (non-hydrogen) atoms. The van der Waals surface area contributed by atoms with E-state index in [0.717, 1.165) is 0 Å². The standard InChI is InChI=1S/C5H5N3O2S/c6-5(9)8(7-10)4-2-1-3-11-4/h1-3H,(H2,6,9). The van der Waals surface area contributed by atoms with Crippen LogP contribution in [0.2, 0.25) is 0 Å². The molecule has 6 heteroatoms. The predicted octanol–water partition coefficient (Wildman–Crippen LogP) is 1.31. The summed E-state index contributed by atoms with van der Waals surface area (Å²) in [6.07, 6.45) is 0. The number of hydrogen-bond acceptors (Lipinski definition) is 4. The fourth-order valence-corrected chi connectivity index (χ4v) is 1.26. The van der Waals surface area contributed by atoms with Crippen molar-refractivity contribution in [2.75, 3.05) is 5.01 Å². The smallest absolute Gasteiger partial charge is 0.343 e. The molecule has 0 aromatic carbocycles. The summed E-state index contributed by atoms with van der Waals surface area (Å²) in [7, 11) is 0. The van der Waals surface area contributed by atoms with Crippen molar-refractivity contribution in [3.8, 4) is 0 Å². The van der Waals surface area contributed by atoms with Gasteiger partial charge in [-0.3, -0.25) is 0 Å². The summed E-state index contributed by atoms with van der Waals surface area (Å²) >= 11 is 1.22. The third-order valence-electron chi connectivity index (χ3n) is 1.01. The van der Waals surface area contributed by atoms with Crippen LogP contribution in [0.15, 0.2) is 22.8 Å². The predicted molar refractivity (Wildman–Crippen MR) is 42.2 cm³/mol. The van der Waals surface area contributed by atoms with Gasteiger partial charge in [0.05, 0.1) is 5.29 Å². The minimum Gasteiger partial charge on any atom is -0.350 e. The zero-order chi connectivity index (χ0) is 8.27. The molecule has 0 radical (unpaired) electrons. The molecule has 0 fully saturated rings. The van der Waals surface area contributed by atoms with E-state index < -0.39 is 6.03 Å². The van der Waals surface area contributed by atoms with Crippen LogP contribution in [-0.4, -0.2) is 6.03 Å². The second kappa shape index (κ2) is 3.11. The van der Waals surface area contributed by atoms with Crippen LogP contribution in [0.4, 0.5) is 9.80 Å². The number of thiophene rings is 1. The molecule has 2 N–H and O–H groups in total. The van der Waals surface area contributed by atoms with Gasteiger partial charge in [0, 0.05) is 0 Å². The van der Waals surface area contributed by atoms with E-state index in [1.165, 1.54) is 11.3 Å². The van der Waals surface area contributed by atoms with Crippen LogP contribution in [0.5, 0.6) is 0 Å². The molecule has 1 aromatic rings. The van der Waals surface area contributed by atoms with Crippen molar-refractivity contribution in [2.24, 2.45) is 11.0 Å². The van der Waals surface area contributed by atoms with E-state index in [4.69, 9.17) is 5.73 Å². The van der Waals surface area contributed by atoms with Gasteiger partial charge in [0.25, 0.3) is 0 Å². The number of amides is 2. The van der Waals surface area contributed by atoms with Crippen molar-refractivity contribution in [1.82, 2.24) is 0 Å². The Morgan fingerprint density at radius 2 is 2.45 bits per heavy atom. The zero-order valence-electron chi connectivity index (χ0n) is 5.43. The van der Waals surface area contributed by atoms with Crippen molar-refractivity contribution in [2.45, 2.75) is 0 Å². The molecule has 0 unspecified atom stereocenters. The number of carbonyl (C=O) groups excluding carboxylic acids is 1. The molecule has 0 aliphatic heterocycles. The van der Waals surface area contributed by atoms with Crippen LogP contribution in [-0.2, 0) is 0 Å². The van der Waals surface area contributed by atoms with Crippen molar-refractivity contribution in [1.29, 1.82) is 0 Å². The van der Waals surface area contributed by atoms with Crippen LogP contribution in [0.1, 0.15) is 0 Å². The molecule has 1 heterocycles. The summed E-state index contributed by atoms with van der Waals surface area (Å²) in [5.74, 6) is 0. The van der Waals surface area contributed by atoms with E-state index in [1.807, 2.05) is 0 Å². The van der Waals surface area contributed by atoms with E-state index in [2.05, 4.69) is 5.29 Å². The Bertz CT molecular complexity index is 259. The molecule has 5 nitrogen and oxygen atoms in total. The number of hydrogen-bond donors (Lipinski definition) is 1. The number of primary amides is 1. The highest BCUT2D eigenvalue weighted by Crippen LogP contribution is 2.20. The van der Waals surface area contributed by atoms with Crippen LogP contribution in [0.25, 0.3) is 0 Å². The molecule has 0 saturated carbocycles. The van der Waals surface area contributed by atoms with E-state index in [0.29, 0.717) is 10.0 Å². The van der Waals surface area contributed by atoms with Gasteiger partial charge in [-0.1, -0.05) is 0 Å². The van der Waals surface area contributed by atoms with Gasteiger partial charge in [-0.2, -0.15) is 0 Å². The van der Waals surface area contributed by atoms with Crippen LogP contribution in [0.3, 0.4) is 0 Å². The quantitative estimate of drug-likeness (QED) is 0.538. The summed E-state index contributed by atoms with van der Waals surface area (Å²) in [6.45, 7) is 0. The maximum Gasteiger partial charge on any atom is 0.343 e. The molecule has 58 valence electrons. The summed E-state index contributed by atoms with van der Waals surface area (Å²) in [5.41, 5.74) is 4.84. The van der Waals surface area contributed by atoms with Crippen LogP contribution in [0, 0.1) is 4.91 Å². The lowest BCUT2D eigenvalue weighted by Crippen LogP contribution is -2.29. The SMILES string of the molecule is NC(=O)N(N=O)c1cccs1. The number of anilines is 1. The molecule has 1 aromatic heterocycles. The second-order valence-corrected chi connectivity index (χ2v) is 2.61. The van der Waals surface area contributed by atoms with Gasteiger partial charge >= 0.3 is 6.03 Å². The average Bonchev–Trinajstić information content (AvgIpc) is 2.40. The lowest BCUT2D eigenvalue weighted by Gasteiger charge is -2.04. The molecule has 0 bridgehead atoms. The Labute approximate surface area is 66.4 Å². The highest BCUT2D eigenvalue weighted by Gasteiger charge is 2.12. The highest BCUT2D eigenvalue weighted by atomic mass is 32.1. The Kier molecular flexibility index (Phi) is 2.17. The van der Waals surface area contributed by atoms with Gasteiger partial charge in [-0.05, 0) is 17.5 Å². The van der Waals surface area contributed by atoms with E-state index in [9.17, 15) is 9.70 Å². The minimum atomic E-state index is -0.873. The Morgan fingerprint density at radius 1 is 1.73 bits per heavy atom. The zero-order valence-corrected chi connectivity index (χ0v) is 6.25. The van der Waals surface area contributed by atoms with E-state index in [1.54, 1.807) is 17.5 Å². The van der Waals surface area contributed by atoms with Gasteiger partial charge < -0.3 is 5.73 Å². The second-order valence-electron chi connectivity index (χ2n) is 1.68. The summed E-state index contributed by atoms with van der Waals surface area (Å²) < 4.78 is 0. The summed E-state index contributed by atoms with van der Waals surface area (Å²) in [4.78, 5) is 20.5. The summed E-state index contributed by atoms with van der Waals surface area (Å²) in [5, 5.41) is 5.19. The fraction of sp³-hybridized carbons (Fsp3) is 0. The molecular formula is C5H5N3O2S. The van der Waals surface area contributed by atoms with Crippen molar-refractivity contribution >= 4 is 22.4 Å². The monoisotopic (exact) mass is 171 g/mol. The maximum atomic E-state index is 10.5. The molecule has 2 amide bonds. The normalized spacial score (nSPS) is 9.09. The average molecular weight is 171 g/mol. The van der Waals surface area contributed by atoms with Crippen molar-refractivity contribution in [3.05, 3.63) is 22.4 Å². The third kappa shape index (κ3) is 1.53. The Hall–Kier alpha value is -1.43. The van der Waals surface area contributed by atoms with Gasteiger partial charge in [-0.15, -0.1) is 21.3 Å². The highest BCUT2D eigenvalue weighted by molar-refractivity contribution is 7.14. The Morgan fingerprint density at radius 3 is 2.82 bits per heavy atom. The number of rotatable bonds is 2. The third-order valence-corrected chi connectivity index (χ3v) is 1.85. The van der Waals surface area contributed by atoms with Crippen LogP contribution < -0.4 is 10.7 Å². The van der Waals surface area contributed by atoms with Gasteiger partial charge in [0.15, 0.2) is 0 Å². The number of urea groups is 1. The molecule has 1 rings (SSSR count). The largest absolute Gasteiger partial charge is 0.350 e. The van der Waals surface area contributed by atoms with E-state index >= 15 is 0 Å². The first-order valence-electron chi connectivity index (χ1n) is 2.72. The lowest BCUT2D eigenvalue weighted by molar-refractivity contribution is 0.254. The maximum absolute atomic E-state index is 10.5. The number of nitrogens with two attached hydrogens (primary N) is 1. The first kappa shape index (κ1) is 7.67. The molecule has 0 atom stereocenters. The minimum absolute atomic E-state index is 0.424. The van der Waals surface area contributed by atoms with Gasteiger partial charge in [0.1, 0.15) is 5.00 Å². The fourth-order valence-electron chi connectivity index (χ4n) is 0.579. The van der Waals surface area contributed by atoms with Gasteiger partial charge in [-0.25, -0.2) is 4.79 Å². The number of nitrogens with zero attached hydrogens (tertiary/aromatic N) is 2. The first-order chi connectivity index (χ1) is 5.25. The molecule has 0 aliphatic carbocycles. The number of carbonyl (C=O) groups is 1. The Balaban J connectivity index is 2.88. The van der Waals surface area contributed by atoms with Crippen LogP contribution >= 0.6 is 11.3 Å². The topological polar surface area (TPSA) is 75.8 Å². The lowest BCUT2D eigenvalue weighted by atomic mass is 10.6. The summed E-state index contributed by atoms with van der Waals surface area (Å²) in [6, 6.07) is 2.40. The van der Waals surface area contributed by atoms with Crippen molar-refractivity contribution < 1.29 is 4.79 Å². The molecule has 0 aliphatic rings. The first-order valence-corrected chi connectivity index (χ1v) is 3.60.